The van der Waals surface area contributed by atoms with Gasteiger partial charge in [0, 0.05) is 0 Å². The fourth-order valence-corrected chi connectivity index (χ4v) is 2.27. The van der Waals surface area contributed by atoms with Crippen molar-refractivity contribution in [1.29, 1.82) is 0 Å². The summed E-state index contributed by atoms with van der Waals surface area (Å²) >= 11 is 5.00. The van der Waals surface area contributed by atoms with E-state index in [0.717, 1.165) is 10.4 Å². The number of hydrogen-bond acceptors (Lipinski definition) is 2. The van der Waals surface area contributed by atoms with Crippen molar-refractivity contribution in [1.82, 2.24) is 9.97 Å². The van der Waals surface area contributed by atoms with Crippen molar-refractivity contribution in [2.45, 2.75) is 6.92 Å². The number of rotatable bonds is 1. The molecule has 2 heterocycles. The highest BCUT2D eigenvalue weighted by atomic mass is 79.9. The third-order valence-corrected chi connectivity index (χ3v) is 3.10. The third-order valence-electron chi connectivity index (χ3n) is 1.65. The maximum Gasteiger partial charge on any atom is 0.174 e. The van der Waals surface area contributed by atoms with Crippen LogP contribution in [0.2, 0.25) is 0 Å². The fourth-order valence-electron chi connectivity index (χ4n) is 1.06. The molecule has 0 bridgehead atoms. The highest BCUT2D eigenvalue weighted by Crippen LogP contribution is 2.27. The van der Waals surface area contributed by atoms with Gasteiger partial charge >= 0.3 is 0 Å². The minimum atomic E-state index is 0.783. The number of nitrogens with zero attached hydrogens (tertiary/aromatic N) is 1. The molecule has 1 N–H and O–H groups in total. The normalized spacial score (nSPS) is 10.5. The summed E-state index contributed by atoms with van der Waals surface area (Å²) in [7, 11) is 0. The number of aryl methyl sites for hydroxylation is 1. The van der Waals surface area contributed by atoms with Gasteiger partial charge in [-0.3, -0.25) is 0 Å². The van der Waals surface area contributed by atoms with Crippen molar-refractivity contribution in [3.63, 3.8) is 0 Å². The van der Waals surface area contributed by atoms with Crippen LogP contribution in [-0.4, -0.2) is 9.97 Å². The second-order valence-corrected chi connectivity index (χ2v) is 4.19. The quantitative estimate of drug-likeness (QED) is 0.818. The number of thiophene rings is 1. The molecule has 0 unspecified atom stereocenters. The Morgan fingerprint density at radius 1 is 1.58 bits per heavy atom. The predicted octanol–water partition coefficient (Wildman–Crippen LogP) is 3.21. The lowest BCUT2D eigenvalue weighted by atomic mass is 10.2. The Morgan fingerprint density at radius 3 is 2.92 bits per heavy atom. The molecule has 0 amide bonds. The number of hydrogen-bond donors (Lipinski definition) is 1. The van der Waals surface area contributed by atoms with Crippen LogP contribution < -0.4 is 0 Å². The maximum atomic E-state index is 4.08. The van der Waals surface area contributed by atoms with Crippen molar-refractivity contribution >= 4 is 27.3 Å². The van der Waals surface area contributed by atoms with Crippen molar-refractivity contribution in [3.8, 4) is 10.6 Å². The molecule has 0 atom stereocenters. The topological polar surface area (TPSA) is 28.7 Å². The Morgan fingerprint density at radius 2 is 2.42 bits per heavy atom. The van der Waals surface area contributed by atoms with Gasteiger partial charge in [-0.1, -0.05) is 0 Å². The van der Waals surface area contributed by atoms with Crippen LogP contribution >= 0.6 is 27.3 Å². The molecule has 0 aliphatic heterocycles. The van der Waals surface area contributed by atoms with E-state index >= 15 is 0 Å². The second kappa shape index (κ2) is 3.03. The standard InChI is InChI=1S/C8H7BrN2S/c1-5-2-3-12-7(5)6-4-10-8(9)11-6/h2-4H,1H3,(H,10,11). The zero-order chi connectivity index (χ0) is 8.55. The van der Waals surface area contributed by atoms with Gasteiger partial charge in [-0.05, 0) is 39.9 Å². The Balaban J connectivity index is 2.50. The van der Waals surface area contributed by atoms with Crippen LogP contribution in [0.15, 0.2) is 22.4 Å². The molecule has 62 valence electrons. The van der Waals surface area contributed by atoms with Crippen LogP contribution in [0.3, 0.4) is 0 Å². The number of imidazole rings is 1. The van der Waals surface area contributed by atoms with Gasteiger partial charge in [-0.2, -0.15) is 0 Å². The van der Waals surface area contributed by atoms with Crippen LogP contribution in [0.5, 0.6) is 0 Å². The molecule has 0 radical (unpaired) electrons. The smallest absolute Gasteiger partial charge is 0.174 e. The lowest BCUT2D eigenvalue weighted by molar-refractivity contribution is 1.24. The number of halogens is 1. The summed E-state index contributed by atoms with van der Waals surface area (Å²) in [4.78, 5) is 8.47. The molecule has 2 nitrogen and oxygen atoms in total. The highest BCUT2D eigenvalue weighted by molar-refractivity contribution is 9.10. The molecular formula is C8H7BrN2S. The minimum absolute atomic E-state index is 0.783. The number of aromatic amines is 1. The van der Waals surface area contributed by atoms with Gasteiger partial charge in [0.1, 0.15) is 0 Å². The lowest BCUT2D eigenvalue weighted by Crippen LogP contribution is -1.73. The summed E-state index contributed by atoms with van der Waals surface area (Å²) in [5.41, 5.74) is 2.37. The average molecular weight is 243 g/mol. The molecule has 0 saturated carbocycles. The summed E-state index contributed by atoms with van der Waals surface area (Å²) in [6, 6.07) is 2.11. The van der Waals surface area contributed by atoms with E-state index in [-0.39, 0.29) is 0 Å². The minimum Gasteiger partial charge on any atom is -0.332 e. The second-order valence-electron chi connectivity index (χ2n) is 2.52. The number of H-pyrrole nitrogens is 1. The molecule has 12 heavy (non-hydrogen) atoms. The summed E-state index contributed by atoms with van der Waals surface area (Å²) in [6.07, 6.45) is 1.84. The van der Waals surface area contributed by atoms with Crippen molar-refractivity contribution < 1.29 is 0 Å². The molecule has 2 aromatic rings. The van der Waals surface area contributed by atoms with E-state index in [4.69, 9.17) is 0 Å². The Bertz CT molecular complexity index is 391. The van der Waals surface area contributed by atoms with Crippen LogP contribution in [0, 0.1) is 6.92 Å². The van der Waals surface area contributed by atoms with Gasteiger partial charge in [0.25, 0.3) is 0 Å². The van der Waals surface area contributed by atoms with Crippen LogP contribution in [0.4, 0.5) is 0 Å². The molecule has 2 aromatic heterocycles. The first kappa shape index (κ1) is 8.01. The predicted molar refractivity (Wildman–Crippen MR) is 54.3 cm³/mol. The van der Waals surface area contributed by atoms with Crippen LogP contribution in [0.1, 0.15) is 5.56 Å². The van der Waals surface area contributed by atoms with Crippen molar-refractivity contribution in [2.24, 2.45) is 0 Å². The van der Waals surface area contributed by atoms with Crippen molar-refractivity contribution in [3.05, 3.63) is 27.9 Å². The first-order valence-electron chi connectivity index (χ1n) is 3.52. The Kier molecular flexibility index (Phi) is 2.02. The van der Waals surface area contributed by atoms with Gasteiger partial charge in [0.15, 0.2) is 4.73 Å². The van der Waals surface area contributed by atoms with E-state index in [1.54, 1.807) is 11.3 Å². The lowest BCUT2D eigenvalue weighted by Gasteiger charge is -1.92. The van der Waals surface area contributed by atoms with Gasteiger partial charge in [-0.15, -0.1) is 11.3 Å². The summed E-state index contributed by atoms with van der Waals surface area (Å²) < 4.78 is 0.783. The molecule has 0 aliphatic carbocycles. The summed E-state index contributed by atoms with van der Waals surface area (Å²) in [6.45, 7) is 2.10. The third kappa shape index (κ3) is 1.32. The Labute approximate surface area is 82.8 Å². The van der Waals surface area contributed by atoms with E-state index in [1.807, 2.05) is 6.20 Å². The zero-order valence-corrected chi connectivity index (χ0v) is 8.87. The largest absolute Gasteiger partial charge is 0.332 e. The molecule has 0 aromatic carbocycles. The zero-order valence-electron chi connectivity index (χ0n) is 6.47. The molecule has 4 heteroatoms. The van der Waals surface area contributed by atoms with Gasteiger partial charge in [-0.25, -0.2) is 4.98 Å². The fraction of sp³-hybridized carbons (Fsp3) is 0.125. The molecule has 0 spiro atoms. The van der Waals surface area contributed by atoms with Gasteiger partial charge in [0.2, 0.25) is 0 Å². The number of nitrogens with one attached hydrogen (secondary N) is 1. The van der Waals surface area contributed by atoms with Gasteiger partial charge < -0.3 is 4.98 Å². The van der Waals surface area contributed by atoms with Crippen LogP contribution in [-0.2, 0) is 0 Å². The summed E-state index contributed by atoms with van der Waals surface area (Å²) in [5, 5.41) is 2.08. The van der Waals surface area contributed by atoms with E-state index in [1.165, 1.54) is 10.4 Å². The molecule has 0 fully saturated rings. The van der Waals surface area contributed by atoms with E-state index in [2.05, 4.69) is 44.3 Å². The SMILES string of the molecule is Cc1ccsc1-c1cnc(Br)[nH]1. The van der Waals surface area contributed by atoms with Crippen LogP contribution in [0.25, 0.3) is 10.6 Å². The number of aromatic nitrogens is 2. The summed E-state index contributed by atoms with van der Waals surface area (Å²) in [5.74, 6) is 0. The monoisotopic (exact) mass is 242 g/mol. The van der Waals surface area contributed by atoms with Gasteiger partial charge in [0.05, 0.1) is 16.8 Å². The Hall–Kier alpha value is -0.610. The molecule has 0 saturated heterocycles. The first-order valence-corrected chi connectivity index (χ1v) is 5.19. The first-order chi connectivity index (χ1) is 5.77. The highest BCUT2D eigenvalue weighted by Gasteiger charge is 2.05. The van der Waals surface area contributed by atoms with Crippen molar-refractivity contribution in [2.75, 3.05) is 0 Å². The van der Waals surface area contributed by atoms with E-state index in [0.29, 0.717) is 0 Å². The maximum absolute atomic E-state index is 4.08. The van der Waals surface area contributed by atoms with E-state index in [9.17, 15) is 0 Å². The molecule has 2 rings (SSSR count). The van der Waals surface area contributed by atoms with E-state index < -0.39 is 0 Å². The molecular weight excluding hydrogens is 236 g/mol. The average Bonchev–Trinajstić information content (AvgIpc) is 2.58. The molecule has 0 aliphatic rings.